The van der Waals surface area contributed by atoms with E-state index < -0.39 is 0 Å². The second-order valence-electron chi connectivity index (χ2n) is 5.80. The molecule has 4 rings (SSSR count). The smallest absolute Gasteiger partial charge is 0.0345 e. The first-order chi connectivity index (χ1) is 8.42. The van der Waals surface area contributed by atoms with Crippen molar-refractivity contribution < 1.29 is 0 Å². The highest BCUT2D eigenvalue weighted by Gasteiger charge is 2.38. The normalized spacial score (nSPS) is 32.1. The molecule has 2 saturated carbocycles. The maximum Gasteiger partial charge on any atom is 0.0345 e. The predicted octanol–water partition coefficient (Wildman–Crippen LogP) is 5.20. The molecule has 2 fully saturated rings. The second kappa shape index (κ2) is 3.84. The zero-order chi connectivity index (χ0) is 11.2. The van der Waals surface area contributed by atoms with Gasteiger partial charge in [-0.15, -0.1) is 11.3 Å². The van der Waals surface area contributed by atoms with Gasteiger partial charge in [0.05, 0.1) is 0 Å². The van der Waals surface area contributed by atoms with E-state index in [9.17, 15) is 0 Å². The van der Waals surface area contributed by atoms with Crippen molar-refractivity contribution in [3.63, 3.8) is 0 Å². The van der Waals surface area contributed by atoms with Gasteiger partial charge in [-0.05, 0) is 59.1 Å². The summed E-state index contributed by atoms with van der Waals surface area (Å²) in [6.07, 6.45) is 7.41. The fourth-order valence-electron chi connectivity index (χ4n) is 4.19. The molecular weight excluding hydrogens is 224 g/mol. The molecule has 2 unspecified atom stereocenters. The Labute approximate surface area is 107 Å². The van der Waals surface area contributed by atoms with Crippen LogP contribution in [0.5, 0.6) is 0 Å². The van der Waals surface area contributed by atoms with Gasteiger partial charge in [0.25, 0.3) is 0 Å². The Morgan fingerprint density at radius 1 is 1.00 bits per heavy atom. The SMILES string of the molecule is c1cc(C2CC3CCCC3C2)c2ccsc2c1. The van der Waals surface area contributed by atoms with Gasteiger partial charge in [-0.3, -0.25) is 0 Å². The lowest BCUT2D eigenvalue weighted by Gasteiger charge is -2.12. The molecule has 17 heavy (non-hydrogen) atoms. The van der Waals surface area contributed by atoms with E-state index in [2.05, 4.69) is 29.6 Å². The van der Waals surface area contributed by atoms with Gasteiger partial charge < -0.3 is 0 Å². The zero-order valence-electron chi connectivity index (χ0n) is 10.1. The van der Waals surface area contributed by atoms with Crippen LogP contribution in [0, 0.1) is 11.8 Å². The number of fused-ring (bicyclic) bond motifs is 2. The van der Waals surface area contributed by atoms with Gasteiger partial charge in [0.15, 0.2) is 0 Å². The Morgan fingerprint density at radius 2 is 1.82 bits per heavy atom. The molecule has 0 amide bonds. The van der Waals surface area contributed by atoms with E-state index in [0.29, 0.717) is 0 Å². The Bertz CT molecular complexity index is 527. The second-order valence-corrected chi connectivity index (χ2v) is 6.75. The maximum atomic E-state index is 2.38. The van der Waals surface area contributed by atoms with Crippen molar-refractivity contribution in [3.8, 4) is 0 Å². The first kappa shape index (κ1) is 10.1. The van der Waals surface area contributed by atoms with Crippen LogP contribution >= 0.6 is 11.3 Å². The highest BCUT2D eigenvalue weighted by Crippen LogP contribution is 2.51. The van der Waals surface area contributed by atoms with Crippen LogP contribution in [0.2, 0.25) is 0 Å². The Kier molecular flexibility index (Phi) is 2.29. The molecule has 1 heteroatoms. The van der Waals surface area contributed by atoms with Crippen LogP contribution in [0.25, 0.3) is 10.1 Å². The topological polar surface area (TPSA) is 0 Å². The first-order valence-corrected chi connectivity index (χ1v) is 7.76. The lowest BCUT2D eigenvalue weighted by Crippen LogP contribution is -1.95. The van der Waals surface area contributed by atoms with Gasteiger partial charge in [0, 0.05) is 4.70 Å². The number of rotatable bonds is 1. The summed E-state index contributed by atoms with van der Waals surface area (Å²) in [6.45, 7) is 0. The van der Waals surface area contributed by atoms with Crippen molar-refractivity contribution in [2.24, 2.45) is 11.8 Å². The van der Waals surface area contributed by atoms with Gasteiger partial charge in [-0.2, -0.15) is 0 Å². The van der Waals surface area contributed by atoms with E-state index in [1.165, 1.54) is 42.2 Å². The van der Waals surface area contributed by atoms with Crippen LogP contribution in [0.3, 0.4) is 0 Å². The predicted molar refractivity (Wildman–Crippen MR) is 74.6 cm³/mol. The molecule has 0 radical (unpaired) electrons. The minimum Gasteiger partial charge on any atom is -0.144 e. The number of benzene rings is 1. The molecule has 0 saturated heterocycles. The third-order valence-electron chi connectivity index (χ3n) is 4.96. The highest BCUT2D eigenvalue weighted by atomic mass is 32.1. The van der Waals surface area contributed by atoms with E-state index in [4.69, 9.17) is 0 Å². The lowest BCUT2D eigenvalue weighted by atomic mass is 9.92. The van der Waals surface area contributed by atoms with E-state index in [-0.39, 0.29) is 0 Å². The molecule has 2 aliphatic rings. The molecule has 2 atom stereocenters. The first-order valence-electron chi connectivity index (χ1n) is 6.88. The standard InChI is InChI=1S/C16H18S/c1-3-11-9-13(10-12(11)4-1)14-5-2-6-16-15(14)7-8-17-16/h2,5-8,11-13H,1,3-4,9-10H2. The summed E-state index contributed by atoms with van der Waals surface area (Å²) in [6, 6.07) is 9.21. The van der Waals surface area contributed by atoms with Crippen molar-refractivity contribution in [2.45, 2.75) is 38.0 Å². The van der Waals surface area contributed by atoms with Gasteiger partial charge in [-0.25, -0.2) is 0 Å². The Balaban J connectivity index is 1.73. The fourth-order valence-corrected chi connectivity index (χ4v) is 5.01. The quantitative estimate of drug-likeness (QED) is 0.645. The summed E-state index contributed by atoms with van der Waals surface area (Å²) in [5, 5.41) is 3.77. The molecule has 0 nitrogen and oxygen atoms in total. The molecule has 88 valence electrons. The van der Waals surface area contributed by atoms with Crippen molar-refractivity contribution in [1.82, 2.24) is 0 Å². The van der Waals surface area contributed by atoms with Gasteiger partial charge in [-0.1, -0.05) is 31.4 Å². The summed E-state index contributed by atoms with van der Waals surface area (Å²) in [7, 11) is 0. The highest BCUT2D eigenvalue weighted by molar-refractivity contribution is 7.17. The van der Waals surface area contributed by atoms with Gasteiger partial charge >= 0.3 is 0 Å². The monoisotopic (exact) mass is 242 g/mol. The zero-order valence-corrected chi connectivity index (χ0v) is 10.9. The minimum atomic E-state index is 0.851. The third kappa shape index (κ3) is 1.55. The minimum absolute atomic E-state index is 0.851. The fraction of sp³-hybridized carbons (Fsp3) is 0.500. The van der Waals surface area contributed by atoms with Crippen molar-refractivity contribution in [2.75, 3.05) is 0 Å². The molecule has 0 bridgehead atoms. The van der Waals surface area contributed by atoms with Crippen LogP contribution in [0.4, 0.5) is 0 Å². The van der Waals surface area contributed by atoms with E-state index in [0.717, 1.165) is 17.8 Å². The van der Waals surface area contributed by atoms with Crippen molar-refractivity contribution in [3.05, 3.63) is 35.2 Å². The number of hydrogen-bond donors (Lipinski definition) is 0. The van der Waals surface area contributed by atoms with Crippen LogP contribution in [-0.4, -0.2) is 0 Å². The van der Waals surface area contributed by atoms with E-state index in [1.54, 1.807) is 5.56 Å². The molecule has 1 aromatic heterocycles. The summed E-state index contributed by atoms with van der Waals surface area (Å²) in [4.78, 5) is 0. The molecule has 1 heterocycles. The van der Waals surface area contributed by atoms with E-state index >= 15 is 0 Å². The molecule has 2 aromatic rings. The Morgan fingerprint density at radius 3 is 2.65 bits per heavy atom. The van der Waals surface area contributed by atoms with Crippen molar-refractivity contribution in [1.29, 1.82) is 0 Å². The average Bonchev–Trinajstić information content (AvgIpc) is 3.02. The van der Waals surface area contributed by atoms with E-state index in [1.807, 2.05) is 11.3 Å². The molecule has 1 aromatic carbocycles. The lowest BCUT2D eigenvalue weighted by molar-refractivity contribution is 0.457. The largest absolute Gasteiger partial charge is 0.144 e. The molecular formula is C16H18S. The molecule has 0 aliphatic heterocycles. The molecule has 0 spiro atoms. The van der Waals surface area contributed by atoms with Gasteiger partial charge in [0.1, 0.15) is 0 Å². The van der Waals surface area contributed by atoms with Crippen LogP contribution in [0.1, 0.15) is 43.6 Å². The van der Waals surface area contributed by atoms with Crippen molar-refractivity contribution >= 4 is 21.4 Å². The van der Waals surface area contributed by atoms with Crippen LogP contribution < -0.4 is 0 Å². The maximum absolute atomic E-state index is 2.38. The summed E-state index contributed by atoms with van der Waals surface area (Å²) in [5.41, 5.74) is 1.64. The third-order valence-corrected chi connectivity index (χ3v) is 5.84. The van der Waals surface area contributed by atoms with Crippen LogP contribution in [-0.2, 0) is 0 Å². The van der Waals surface area contributed by atoms with Gasteiger partial charge in [0.2, 0.25) is 0 Å². The average molecular weight is 242 g/mol. The Hall–Kier alpha value is -0.820. The molecule has 2 aliphatic carbocycles. The van der Waals surface area contributed by atoms with Crippen LogP contribution in [0.15, 0.2) is 29.6 Å². The number of thiophene rings is 1. The summed E-state index contributed by atoms with van der Waals surface area (Å²) < 4.78 is 1.47. The summed E-state index contributed by atoms with van der Waals surface area (Å²) >= 11 is 1.88. The molecule has 0 N–H and O–H groups in total. The summed E-state index contributed by atoms with van der Waals surface area (Å²) in [5.74, 6) is 2.95. The number of hydrogen-bond acceptors (Lipinski definition) is 1.